The number of rotatable bonds is 2. The van der Waals surface area contributed by atoms with E-state index >= 15 is 0 Å². The zero-order valence-electron chi connectivity index (χ0n) is 12.5. The molecule has 2 heteroatoms. The van der Waals surface area contributed by atoms with Crippen molar-refractivity contribution >= 4 is 17.5 Å². The minimum Gasteiger partial charge on any atom is -0.378 e. The van der Waals surface area contributed by atoms with E-state index < -0.39 is 0 Å². The predicted molar refractivity (Wildman–Crippen MR) is 87.8 cm³/mol. The Balaban J connectivity index is 1.89. The molecule has 2 aromatic carbocycles. The van der Waals surface area contributed by atoms with E-state index in [9.17, 15) is 4.79 Å². The molecule has 0 aliphatic heterocycles. The molecule has 3 rings (SSSR count). The second kappa shape index (κ2) is 5.57. The molecule has 0 heterocycles. The zero-order chi connectivity index (χ0) is 14.8. The summed E-state index contributed by atoms with van der Waals surface area (Å²) in [4.78, 5) is 14.6. The Morgan fingerprint density at radius 1 is 0.952 bits per heavy atom. The number of benzene rings is 2. The molecule has 2 nitrogen and oxygen atoms in total. The van der Waals surface area contributed by atoms with Gasteiger partial charge in [0.05, 0.1) is 0 Å². The van der Waals surface area contributed by atoms with Gasteiger partial charge in [-0.25, -0.2) is 0 Å². The maximum absolute atomic E-state index is 12.5. The number of fused-ring (bicyclic) bond motifs is 1. The Morgan fingerprint density at radius 3 is 2.38 bits per heavy atom. The quantitative estimate of drug-likeness (QED) is 0.774. The lowest BCUT2D eigenvalue weighted by atomic mass is 9.86. The van der Waals surface area contributed by atoms with Crippen molar-refractivity contribution in [1.82, 2.24) is 0 Å². The fourth-order valence-corrected chi connectivity index (χ4v) is 2.72. The van der Waals surface area contributed by atoms with Gasteiger partial charge in [0.25, 0.3) is 0 Å². The third kappa shape index (κ3) is 2.75. The van der Waals surface area contributed by atoms with Gasteiger partial charge in [-0.15, -0.1) is 0 Å². The number of ketones is 1. The molecule has 1 aliphatic rings. The molecule has 0 N–H and O–H groups in total. The molecule has 21 heavy (non-hydrogen) atoms. The van der Waals surface area contributed by atoms with E-state index in [1.807, 2.05) is 38.4 Å². The fraction of sp³-hybridized carbons (Fsp3) is 0.211. The number of carbonyl (C=O) groups is 1. The van der Waals surface area contributed by atoms with E-state index in [1.165, 1.54) is 5.56 Å². The average Bonchev–Trinajstić information content (AvgIpc) is 2.51. The van der Waals surface area contributed by atoms with Gasteiger partial charge in [0.1, 0.15) is 0 Å². The third-order valence-electron chi connectivity index (χ3n) is 3.97. The molecule has 0 aromatic heterocycles. The van der Waals surface area contributed by atoms with Gasteiger partial charge in [0.15, 0.2) is 5.78 Å². The largest absolute Gasteiger partial charge is 0.378 e. The molecule has 0 radical (unpaired) electrons. The Kier molecular flexibility index (Phi) is 3.61. The second-order valence-electron chi connectivity index (χ2n) is 5.64. The van der Waals surface area contributed by atoms with Crippen LogP contribution in [0.1, 0.15) is 27.9 Å². The van der Waals surface area contributed by atoms with Crippen molar-refractivity contribution in [2.24, 2.45) is 0 Å². The zero-order valence-corrected chi connectivity index (χ0v) is 12.5. The van der Waals surface area contributed by atoms with Crippen LogP contribution in [0.5, 0.6) is 0 Å². The minimum absolute atomic E-state index is 0.175. The van der Waals surface area contributed by atoms with Crippen LogP contribution in [0, 0.1) is 0 Å². The lowest BCUT2D eigenvalue weighted by molar-refractivity contribution is 0.102. The highest BCUT2D eigenvalue weighted by atomic mass is 16.1. The lowest BCUT2D eigenvalue weighted by Crippen LogP contribution is -2.13. The van der Waals surface area contributed by atoms with Crippen molar-refractivity contribution in [1.29, 1.82) is 0 Å². The van der Waals surface area contributed by atoms with E-state index in [-0.39, 0.29) is 5.78 Å². The summed E-state index contributed by atoms with van der Waals surface area (Å²) in [6.45, 7) is 0. The highest BCUT2D eigenvalue weighted by Crippen LogP contribution is 2.26. The minimum atomic E-state index is 0.175. The van der Waals surface area contributed by atoms with Crippen molar-refractivity contribution in [2.75, 3.05) is 19.0 Å². The van der Waals surface area contributed by atoms with Crippen molar-refractivity contribution < 1.29 is 4.79 Å². The van der Waals surface area contributed by atoms with Crippen LogP contribution in [0.3, 0.4) is 0 Å². The maximum atomic E-state index is 12.5. The smallest absolute Gasteiger partial charge is 0.189 e. The fourth-order valence-electron chi connectivity index (χ4n) is 2.72. The summed E-state index contributed by atoms with van der Waals surface area (Å²) in [6.07, 6.45) is 3.80. The normalized spacial score (nSPS) is 15.9. The van der Waals surface area contributed by atoms with Crippen LogP contribution in [0.15, 0.2) is 54.1 Å². The van der Waals surface area contributed by atoms with Crippen LogP contribution in [0.25, 0.3) is 6.08 Å². The van der Waals surface area contributed by atoms with E-state index in [2.05, 4.69) is 35.2 Å². The molecule has 2 aromatic rings. The van der Waals surface area contributed by atoms with Crippen LogP contribution in [-0.2, 0) is 6.42 Å². The number of hydrogen-bond acceptors (Lipinski definition) is 2. The van der Waals surface area contributed by atoms with Gasteiger partial charge in [0.2, 0.25) is 0 Å². The van der Waals surface area contributed by atoms with Crippen molar-refractivity contribution in [3.63, 3.8) is 0 Å². The molecule has 0 bridgehead atoms. The molecular formula is C19H19NO. The standard InChI is InChI=1S/C19H19NO/c1-20(2)17-11-7-14(8-12-17)13-16-10-9-15-5-3-4-6-18(15)19(16)21/h3-8,11-13H,9-10H2,1-2H3/b16-13-. The van der Waals surface area contributed by atoms with Gasteiger partial charge in [0, 0.05) is 30.9 Å². The average molecular weight is 277 g/mol. The molecule has 0 amide bonds. The highest BCUT2D eigenvalue weighted by molar-refractivity contribution is 6.13. The van der Waals surface area contributed by atoms with E-state index in [0.717, 1.165) is 35.2 Å². The van der Waals surface area contributed by atoms with Crippen LogP contribution >= 0.6 is 0 Å². The number of Topliss-reactive ketones (excluding diaryl/α,β-unsaturated/α-hetero) is 1. The Hall–Kier alpha value is -2.35. The number of hydrogen-bond donors (Lipinski definition) is 0. The summed E-state index contributed by atoms with van der Waals surface area (Å²) in [7, 11) is 4.05. The number of nitrogens with zero attached hydrogens (tertiary/aromatic N) is 1. The van der Waals surface area contributed by atoms with Crippen LogP contribution in [0.4, 0.5) is 5.69 Å². The molecule has 0 atom stereocenters. The van der Waals surface area contributed by atoms with Gasteiger partial charge >= 0.3 is 0 Å². The number of aryl methyl sites for hydroxylation is 1. The first-order chi connectivity index (χ1) is 10.1. The Morgan fingerprint density at radius 2 is 1.67 bits per heavy atom. The Labute approximate surface area is 125 Å². The van der Waals surface area contributed by atoms with Gasteiger partial charge in [-0.1, -0.05) is 36.4 Å². The number of allylic oxidation sites excluding steroid dienone is 1. The molecule has 0 unspecified atom stereocenters. The molecule has 0 spiro atoms. The van der Waals surface area contributed by atoms with Crippen molar-refractivity contribution in [3.8, 4) is 0 Å². The third-order valence-corrected chi connectivity index (χ3v) is 3.97. The van der Waals surface area contributed by atoms with Crippen LogP contribution in [0.2, 0.25) is 0 Å². The monoisotopic (exact) mass is 277 g/mol. The van der Waals surface area contributed by atoms with Crippen molar-refractivity contribution in [3.05, 3.63) is 70.8 Å². The topological polar surface area (TPSA) is 20.3 Å². The summed E-state index contributed by atoms with van der Waals surface area (Å²) >= 11 is 0. The number of anilines is 1. The summed E-state index contributed by atoms with van der Waals surface area (Å²) in [5, 5.41) is 0. The first-order valence-electron chi connectivity index (χ1n) is 7.26. The maximum Gasteiger partial charge on any atom is 0.189 e. The second-order valence-corrected chi connectivity index (χ2v) is 5.64. The molecule has 0 saturated carbocycles. The Bertz CT molecular complexity index is 696. The summed E-state index contributed by atoms with van der Waals surface area (Å²) in [6, 6.07) is 16.2. The van der Waals surface area contributed by atoms with Crippen LogP contribution < -0.4 is 4.90 Å². The molecule has 0 saturated heterocycles. The van der Waals surface area contributed by atoms with E-state index in [4.69, 9.17) is 0 Å². The van der Waals surface area contributed by atoms with Crippen LogP contribution in [-0.4, -0.2) is 19.9 Å². The molecule has 106 valence electrons. The summed E-state index contributed by atoms with van der Waals surface area (Å²) in [5.41, 5.74) is 5.19. The summed E-state index contributed by atoms with van der Waals surface area (Å²) in [5.74, 6) is 0.175. The molecular weight excluding hydrogens is 258 g/mol. The highest BCUT2D eigenvalue weighted by Gasteiger charge is 2.20. The SMILES string of the molecule is CN(C)c1ccc(/C=C2/CCc3ccccc3C2=O)cc1. The van der Waals surface area contributed by atoms with Gasteiger partial charge < -0.3 is 4.90 Å². The number of carbonyl (C=O) groups excluding carboxylic acids is 1. The first kappa shape index (κ1) is 13.6. The summed E-state index contributed by atoms with van der Waals surface area (Å²) < 4.78 is 0. The van der Waals surface area contributed by atoms with Gasteiger partial charge in [-0.3, -0.25) is 4.79 Å². The molecule has 1 aliphatic carbocycles. The predicted octanol–water partition coefficient (Wildman–Crippen LogP) is 3.97. The van der Waals surface area contributed by atoms with Gasteiger partial charge in [-0.05, 0) is 42.2 Å². The lowest BCUT2D eigenvalue weighted by Gasteiger charge is -2.17. The van der Waals surface area contributed by atoms with Crippen molar-refractivity contribution in [2.45, 2.75) is 12.8 Å². The molecule has 0 fully saturated rings. The van der Waals surface area contributed by atoms with Gasteiger partial charge in [-0.2, -0.15) is 0 Å². The van der Waals surface area contributed by atoms with E-state index in [1.54, 1.807) is 0 Å². The first-order valence-corrected chi connectivity index (χ1v) is 7.26. The van der Waals surface area contributed by atoms with E-state index in [0.29, 0.717) is 0 Å².